The zero-order valence-corrected chi connectivity index (χ0v) is 14.3. The minimum Gasteiger partial charge on any atom is -0.456 e. The number of ether oxygens (including phenoxy) is 1. The number of nitrogens with zero attached hydrogens (tertiary/aromatic N) is 3. The molecule has 0 spiro atoms. The third-order valence-corrected chi connectivity index (χ3v) is 4.20. The highest BCUT2D eigenvalue weighted by molar-refractivity contribution is 7.13. The number of hydrogen-bond acceptors (Lipinski definition) is 7. The molecule has 2 aromatic heterocycles. The Hall–Kier alpha value is -3.39. The zero-order chi connectivity index (χ0) is 18.4. The lowest BCUT2D eigenvalue weighted by Crippen LogP contribution is -2.01. The third kappa shape index (κ3) is 4.58. The lowest BCUT2D eigenvalue weighted by atomic mass is 10.2. The van der Waals surface area contributed by atoms with Crippen molar-refractivity contribution >= 4 is 29.1 Å². The van der Waals surface area contributed by atoms with E-state index in [2.05, 4.69) is 9.97 Å². The van der Waals surface area contributed by atoms with Crippen LogP contribution in [0.1, 0.15) is 11.3 Å². The first-order valence-corrected chi connectivity index (χ1v) is 8.45. The van der Waals surface area contributed by atoms with E-state index in [1.165, 1.54) is 35.6 Å². The molecule has 0 N–H and O–H groups in total. The molecule has 0 saturated carbocycles. The van der Waals surface area contributed by atoms with Crippen LogP contribution in [0, 0.1) is 10.1 Å². The van der Waals surface area contributed by atoms with Crippen LogP contribution in [0.3, 0.4) is 0 Å². The molecule has 1 aromatic carbocycles. The van der Waals surface area contributed by atoms with Gasteiger partial charge in [-0.3, -0.25) is 15.1 Å². The molecular formula is C18H13N3O4S. The van der Waals surface area contributed by atoms with Gasteiger partial charge in [0.2, 0.25) is 0 Å². The molecule has 0 fully saturated rings. The Morgan fingerprint density at radius 2 is 2.15 bits per heavy atom. The monoisotopic (exact) mass is 367 g/mol. The van der Waals surface area contributed by atoms with Crippen molar-refractivity contribution in [2.75, 3.05) is 0 Å². The molecule has 0 amide bonds. The summed E-state index contributed by atoms with van der Waals surface area (Å²) in [6, 6.07) is 11.5. The van der Waals surface area contributed by atoms with Crippen molar-refractivity contribution in [1.82, 2.24) is 9.97 Å². The first-order valence-electron chi connectivity index (χ1n) is 7.57. The Balaban J connectivity index is 1.57. The van der Waals surface area contributed by atoms with Gasteiger partial charge in [0, 0.05) is 29.8 Å². The topological polar surface area (TPSA) is 95.2 Å². The summed E-state index contributed by atoms with van der Waals surface area (Å²) in [5.41, 5.74) is 1.90. The molecule has 0 bridgehead atoms. The summed E-state index contributed by atoms with van der Waals surface area (Å²) >= 11 is 1.42. The number of benzene rings is 1. The number of thiazole rings is 1. The number of hydrogen-bond donors (Lipinski definition) is 0. The molecule has 130 valence electrons. The van der Waals surface area contributed by atoms with Crippen LogP contribution in [0.4, 0.5) is 5.69 Å². The van der Waals surface area contributed by atoms with Crippen molar-refractivity contribution in [2.24, 2.45) is 0 Å². The summed E-state index contributed by atoms with van der Waals surface area (Å²) in [6.07, 6.45) is 4.38. The van der Waals surface area contributed by atoms with Crippen molar-refractivity contribution in [1.29, 1.82) is 0 Å². The molecule has 0 aliphatic carbocycles. The molecule has 3 aromatic rings. The van der Waals surface area contributed by atoms with Gasteiger partial charge in [-0.1, -0.05) is 18.2 Å². The molecule has 26 heavy (non-hydrogen) atoms. The summed E-state index contributed by atoms with van der Waals surface area (Å²) in [4.78, 5) is 30.7. The van der Waals surface area contributed by atoms with Crippen molar-refractivity contribution in [3.05, 3.63) is 81.5 Å². The molecule has 0 aliphatic rings. The smallest absolute Gasteiger partial charge is 0.331 e. The standard InChI is InChI=1S/C18H13N3O4S/c22-17(8-7-13-4-3-5-15(10-13)21(23)24)25-11-14-12-26-18(20-14)16-6-1-2-9-19-16/h1-10,12H,11H2/b8-7+. The maximum atomic E-state index is 11.8. The van der Waals surface area contributed by atoms with E-state index in [0.29, 0.717) is 11.3 Å². The van der Waals surface area contributed by atoms with Gasteiger partial charge in [0.25, 0.3) is 5.69 Å². The number of nitro benzene ring substituents is 1. The zero-order valence-electron chi connectivity index (χ0n) is 13.4. The SMILES string of the molecule is O=C(/C=C/c1cccc([N+](=O)[O-])c1)OCc1csc(-c2ccccn2)n1. The number of carbonyl (C=O) groups is 1. The van der Waals surface area contributed by atoms with Gasteiger partial charge in [-0.2, -0.15) is 0 Å². The predicted molar refractivity (Wildman–Crippen MR) is 97.3 cm³/mol. The molecule has 0 aliphatic heterocycles. The quantitative estimate of drug-likeness (QED) is 0.284. The van der Waals surface area contributed by atoms with Crippen molar-refractivity contribution in [3.63, 3.8) is 0 Å². The molecule has 0 unspecified atom stereocenters. The first-order chi connectivity index (χ1) is 12.6. The van der Waals surface area contributed by atoms with E-state index in [1.54, 1.807) is 18.3 Å². The Morgan fingerprint density at radius 3 is 2.92 bits per heavy atom. The molecule has 0 radical (unpaired) electrons. The number of esters is 1. The van der Waals surface area contributed by atoms with Crippen LogP contribution in [-0.4, -0.2) is 20.9 Å². The number of carbonyl (C=O) groups excluding carboxylic acids is 1. The second-order valence-electron chi connectivity index (χ2n) is 5.15. The summed E-state index contributed by atoms with van der Waals surface area (Å²) in [5, 5.41) is 13.3. The van der Waals surface area contributed by atoms with E-state index in [1.807, 2.05) is 23.6 Å². The van der Waals surface area contributed by atoms with E-state index < -0.39 is 10.9 Å². The van der Waals surface area contributed by atoms with Crippen LogP contribution < -0.4 is 0 Å². The number of pyridine rings is 1. The third-order valence-electron chi connectivity index (χ3n) is 3.29. The van der Waals surface area contributed by atoms with Gasteiger partial charge in [0.1, 0.15) is 11.6 Å². The highest BCUT2D eigenvalue weighted by atomic mass is 32.1. The van der Waals surface area contributed by atoms with Gasteiger partial charge in [-0.15, -0.1) is 11.3 Å². The number of non-ortho nitro benzene ring substituents is 1. The highest BCUT2D eigenvalue weighted by Crippen LogP contribution is 2.21. The van der Waals surface area contributed by atoms with Crippen LogP contribution in [-0.2, 0) is 16.1 Å². The minimum atomic E-state index is -0.552. The number of aromatic nitrogens is 2. The fourth-order valence-electron chi connectivity index (χ4n) is 2.08. The lowest BCUT2D eigenvalue weighted by Gasteiger charge is -1.99. The van der Waals surface area contributed by atoms with Crippen molar-refractivity contribution < 1.29 is 14.5 Å². The second kappa shape index (κ2) is 8.13. The van der Waals surface area contributed by atoms with Crippen LogP contribution in [0.25, 0.3) is 16.8 Å². The van der Waals surface area contributed by atoms with E-state index in [9.17, 15) is 14.9 Å². The largest absolute Gasteiger partial charge is 0.456 e. The Morgan fingerprint density at radius 1 is 1.27 bits per heavy atom. The summed E-state index contributed by atoms with van der Waals surface area (Å²) < 4.78 is 5.14. The van der Waals surface area contributed by atoms with Gasteiger partial charge in [-0.05, 0) is 23.8 Å². The minimum absolute atomic E-state index is 0.0370. The van der Waals surface area contributed by atoms with E-state index in [4.69, 9.17) is 4.74 Å². The maximum absolute atomic E-state index is 11.8. The Bertz CT molecular complexity index is 954. The van der Waals surface area contributed by atoms with Gasteiger partial charge in [-0.25, -0.2) is 9.78 Å². The van der Waals surface area contributed by atoms with E-state index >= 15 is 0 Å². The second-order valence-corrected chi connectivity index (χ2v) is 6.01. The molecule has 0 saturated heterocycles. The van der Waals surface area contributed by atoms with E-state index in [-0.39, 0.29) is 12.3 Å². The summed E-state index contributed by atoms with van der Waals surface area (Å²) in [6.45, 7) is 0.0431. The normalized spacial score (nSPS) is 10.8. The highest BCUT2D eigenvalue weighted by Gasteiger charge is 2.08. The van der Waals surface area contributed by atoms with Gasteiger partial charge in [0.15, 0.2) is 0 Å². The molecular weight excluding hydrogens is 354 g/mol. The molecule has 8 heteroatoms. The van der Waals surface area contributed by atoms with E-state index in [0.717, 1.165) is 10.7 Å². The number of rotatable bonds is 6. The van der Waals surface area contributed by atoms with Crippen LogP contribution in [0.5, 0.6) is 0 Å². The van der Waals surface area contributed by atoms with Gasteiger partial charge >= 0.3 is 5.97 Å². The van der Waals surface area contributed by atoms with Gasteiger partial charge in [0.05, 0.1) is 16.3 Å². The molecule has 3 rings (SSSR count). The number of nitro groups is 1. The summed E-state index contributed by atoms with van der Waals surface area (Å²) in [5.74, 6) is -0.552. The molecule has 2 heterocycles. The van der Waals surface area contributed by atoms with Gasteiger partial charge < -0.3 is 4.74 Å². The molecule has 0 atom stereocenters. The average molecular weight is 367 g/mol. The Labute approximate surface area is 152 Å². The predicted octanol–water partition coefficient (Wildman–Crippen LogP) is 3.87. The fraction of sp³-hybridized carbons (Fsp3) is 0.0556. The maximum Gasteiger partial charge on any atom is 0.331 e. The Kier molecular flexibility index (Phi) is 5.45. The van der Waals surface area contributed by atoms with Crippen LogP contribution in [0.15, 0.2) is 60.1 Å². The van der Waals surface area contributed by atoms with Crippen molar-refractivity contribution in [2.45, 2.75) is 6.61 Å². The average Bonchev–Trinajstić information content (AvgIpc) is 3.15. The summed E-state index contributed by atoms with van der Waals surface area (Å²) in [7, 11) is 0. The van der Waals surface area contributed by atoms with Crippen LogP contribution in [0.2, 0.25) is 0 Å². The first kappa shape index (κ1) is 17.4. The molecule has 7 nitrogen and oxygen atoms in total. The van der Waals surface area contributed by atoms with Crippen LogP contribution >= 0.6 is 11.3 Å². The van der Waals surface area contributed by atoms with Crippen molar-refractivity contribution in [3.8, 4) is 10.7 Å². The fourth-order valence-corrected chi connectivity index (χ4v) is 2.86. The lowest BCUT2D eigenvalue weighted by molar-refractivity contribution is -0.384.